The minimum Gasteiger partial charge on any atom is -0.394 e. The Bertz CT molecular complexity index is 79.7. The van der Waals surface area contributed by atoms with Crippen molar-refractivity contribution in [3.63, 3.8) is 0 Å². The van der Waals surface area contributed by atoms with E-state index in [1.807, 2.05) is 0 Å². The summed E-state index contributed by atoms with van der Waals surface area (Å²) < 4.78 is 14.2. The molecule has 0 aromatic carbocycles. The van der Waals surface area contributed by atoms with Crippen molar-refractivity contribution in [1.82, 2.24) is 0 Å². The molecule has 0 amide bonds. The Kier molecular flexibility index (Phi) is 14.2. The second kappa shape index (κ2) is 12.0. The first-order chi connectivity index (χ1) is 6.15. The Hall–Kier alpha value is -0.0231. The van der Waals surface area contributed by atoms with Gasteiger partial charge in [0, 0.05) is 21.3 Å². The molecule has 7 heteroatoms. The number of aliphatic hydroxyl groups is 3. The highest BCUT2D eigenvalue weighted by Gasteiger charge is 2.04. The molecule has 3 N–H and O–H groups in total. The second-order valence-electron chi connectivity index (χ2n) is 2.01. The van der Waals surface area contributed by atoms with Crippen LogP contribution in [0.3, 0.4) is 0 Å². The van der Waals surface area contributed by atoms with Crippen LogP contribution in [0.15, 0.2) is 0 Å². The van der Waals surface area contributed by atoms with Crippen molar-refractivity contribution < 1.29 is 28.6 Å². The van der Waals surface area contributed by atoms with Crippen LogP contribution in [-0.2, 0) is 13.3 Å². The van der Waals surface area contributed by atoms with Crippen LogP contribution < -0.4 is 0 Å². The van der Waals surface area contributed by atoms with Crippen LogP contribution in [0, 0.1) is 0 Å². The van der Waals surface area contributed by atoms with Crippen molar-refractivity contribution in [1.29, 1.82) is 0 Å². The molecule has 0 radical (unpaired) electrons. The van der Waals surface area contributed by atoms with Gasteiger partial charge in [-0.15, -0.1) is 0 Å². The first-order valence-electron chi connectivity index (χ1n) is 3.64. The largest absolute Gasteiger partial charge is 0.483 e. The smallest absolute Gasteiger partial charge is 0.394 e. The Balaban J connectivity index is 0. The molecule has 0 spiro atoms. The number of hydrogen-bond acceptors (Lipinski definition) is 6. The summed E-state index contributed by atoms with van der Waals surface area (Å²) in [6.45, 7) is -0.729. The Morgan fingerprint density at radius 3 is 1.31 bits per heavy atom. The summed E-state index contributed by atoms with van der Waals surface area (Å²) in [5.41, 5.74) is 0. The second-order valence-corrected chi connectivity index (χ2v) is 4.01. The van der Waals surface area contributed by atoms with Gasteiger partial charge in [-0.1, -0.05) is 0 Å². The monoisotopic (exact) mass is 214 g/mol. The predicted octanol–water partition coefficient (Wildman–Crippen LogP) is -2.03. The Labute approximate surface area is 79.6 Å². The van der Waals surface area contributed by atoms with E-state index in [0.717, 1.165) is 0 Å². The third-order valence-electron chi connectivity index (χ3n) is 0.999. The first kappa shape index (κ1) is 15.4. The maximum absolute atomic E-state index is 8.17. The highest BCUT2D eigenvalue weighted by Crippen LogP contribution is 1.81. The van der Waals surface area contributed by atoms with E-state index in [0.29, 0.717) is 0 Å². The van der Waals surface area contributed by atoms with E-state index in [-0.39, 0.29) is 13.2 Å². The average molecular weight is 214 g/mol. The molecule has 13 heavy (non-hydrogen) atoms. The van der Waals surface area contributed by atoms with Crippen LogP contribution in [0.4, 0.5) is 0 Å². The molecule has 0 heterocycles. The summed E-state index contributed by atoms with van der Waals surface area (Å²) in [7, 11) is 3.05. The lowest BCUT2D eigenvalue weighted by molar-refractivity contribution is 0.0450. The fourth-order valence-corrected chi connectivity index (χ4v) is 0.924. The van der Waals surface area contributed by atoms with Crippen molar-refractivity contribution >= 4 is 9.53 Å². The van der Waals surface area contributed by atoms with E-state index in [4.69, 9.17) is 28.6 Å². The highest BCUT2D eigenvalue weighted by molar-refractivity contribution is 6.36. The van der Waals surface area contributed by atoms with Crippen LogP contribution >= 0.6 is 0 Å². The molecule has 0 saturated carbocycles. The zero-order chi connectivity index (χ0) is 10.7. The number of rotatable bonds is 5. The summed E-state index contributed by atoms with van der Waals surface area (Å²) in [6, 6.07) is 0. The van der Waals surface area contributed by atoms with Gasteiger partial charge >= 0.3 is 9.53 Å². The normalized spacial score (nSPS) is 10.2. The van der Waals surface area contributed by atoms with E-state index < -0.39 is 15.6 Å². The minimum absolute atomic E-state index is 0.365. The molecule has 0 rings (SSSR count). The molecule has 0 unspecified atom stereocenters. The van der Waals surface area contributed by atoms with Crippen molar-refractivity contribution in [2.75, 3.05) is 34.5 Å². The number of hydrogen-bond donors (Lipinski definition) is 3. The van der Waals surface area contributed by atoms with Crippen LogP contribution in [0.2, 0.25) is 0 Å². The van der Waals surface area contributed by atoms with Gasteiger partial charge in [-0.25, -0.2) is 0 Å². The third-order valence-corrected chi connectivity index (χ3v) is 2.15. The maximum atomic E-state index is 8.17. The summed E-state index contributed by atoms with van der Waals surface area (Å²) >= 11 is 0. The Morgan fingerprint density at radius 1 is 1.00 bits per heavy atom. The molecule has 0 saturated heterocycles. The molecule has 0 fully saturated rings. The van der Waals surface area contributed by atoms with Gasteiger partial charge in [0.25, 0.3) is 0 Å². The summed E-state index contributed by atoms with van der Waals surface area (Å²) in [6.07, 6.45) is -0.954. The molecular formula is C6H18O6Si. The van der Waals surface area contributed by atoms with Crippen molar-refractivity contribution in [3.8, 4) is 0 Å². The average Bonchev–Trinajstić information content (AvgIpc) is 2.20. The summed E-state index contributed by atoms with van der Waals surface area (Å²) in [5.74, 6) is 0. The minimum atomic E-state index is -1.67. The van der Waals surface area contributed by atoms with Gasteiger partial charge < -0.3 is 28.6 Å². The summed E-state index contributed by atoms with van der Waals surface area (Å²) in [4.78, 5) is 0. The van der Waals surface area contributed by atoms with Gasteiger partial charge in [-0.3, -0.25) is 0 Å². The lowest BCUT2D eigenvalue weighted by atomic mass is 10.4. The van der Waals surface area contributed by atoms with E-state index in [1.165, 1.54) is 0 Å². The lowest BCUT2D eigenvalue weighted by Crippen LogP contribution is -2.21. The fraction of sp³-hybridized carbons (Fsp3) is 1.00. The van der Waals surface area contributed by atoms with E-state index >= 15 is 0 Å². The zero-order valence-corrected chi connectivity index (χ0v) is 9.29. The fourth-order valence-electron chi connectivity index (χ4n) is 0.346. The SMILES string of the molecule is CO[SiH](OC)OC.OCC(O)CO. The van der Waals surface area contributed by atoms with Gasteiger partial charge in [0.15, 0.2) is 0 Å². The van der Waals surface area contributed by atoms with Crippen LogP contribution in [-0.4, -0.2) is 65.5 Å². The molecule has 0 aliphatic rings. The maximum Gasteiger partial charge on any atom is 0.483 e. The molecule has 0 atom stereocenters. The van der Waals surface area contributed by atoms with Gasteiger partial charge in [0.05, 0.1) is 13.2 Å². The standard InChI is InChI=1S/C3H10O3Si.C3H8O3/c1-4-7(5-2)6-3;4-1-3(6)2-5/h7H,1-3H3;3-6H,1-2H2. The van der Waals surface area contributed by atoms with Gasteiger partial charge in [-0.2, -0.15) is 0 Å². The Morgan fingerprint density at radius 2 is 1.31 bits per heavy atom. The summed E-state index contributed by atoms with van der Waals surface area (Å²) in [5, 5.41) is 24.0. The van der Waals surface area contributed by atoms with Crippen molar-refractivity contribution in [2.24, 2.45) is 0 Å². The van der Waals surface area contributed by atoms with Crippen LogP contribution in [0.1, 0.15) is 0 Å². The van der Waals surface area contributed by atoms with Gasteiger partial charge in [-0.05, 0) is 0 Å². The first-order valence-corrected chi connectivity index (χ1v) is 5.05. The number of aliphatic hydroxyl groups excluding tert-OH is 3. The van der Waals surface area contributed by atoms with E-state index in [2.05, 4.69) is 0 Å². The van der Waals surface area contributed by atoms with Crippen LogP contribution in [0.5, 0.6) is 0 Å². The molecule has 0 aromatic rings. The molecule has 82 valence electrons. The van der Waals surface area contributed by atoms with E-state index in [9.17, 15) is 0 Å². The molecule has 0 bridgehead atoms. The molecule has 0 aromatic heterocycles. The predicted molar refractivity (Wildman–Crippen MR) is 48.4 cm³/mol. The molecule has 0 aliphatic carbocycles. The highest BCUT2D eigenvalue weighted by atomic mass is 28.3. The molecule has 6 nitrogen and oxygen atoms in total. The van der Waals surface area contributed by atoms with Crippen LogP contribution in [0.25, 0.3) is 0 Å². The van der Waals surface area contributed by atoms with E-state index in [1.54, 1.807) is 21.3 Å². The van der Waals surface area contributed by atoms with Crippen molar-refractivity contribution in [2.45, 2.75) is 6.10 Å². The zero-order valence-electron chi connectivity index (χ0n) is 8.14. The van der Waals surface area contributed by atoms with Crippen molar-refractivity contribution in [3.05, 3.63) is 0 Å². The van der Waals surface area contributed by atoms with Gasteiger partial charge in [0.2, 0.25) is 0 Å². The van der Waals surface area contributed by atoms with Gasteiger partial charge in [0.1, 0.15) is 6.10 Å². The quantitative estimate of drug-likeness (QED) is 0.458. The third kappa shape index (κ3) is 12.0. The topological polar surface area (TPSA) is 88.4 Å². The molecule has 0 aliphatic heterocycles. The lowest BCUT2D eigenvalue weighted by Gasteiger charge is -2.05. The molecular weight excluding hydrogens is 196 g/mol.